The van der Waals surface area contributed by atoms with Crippen molar-refractivity contribution >= 4 is 5.57 Å². The van der Waals surface area contributed by atoms with Gasteiger partial charge in [0.05, 0.1) is 12.2 Å². The molecule has 1 N–H and O–H groups in total. The Morgan fingerprint density at radius 1 is 1.18 bits per heavy atom. The fraction of sp³-hybridized carbons (Fsp3) is 0.467. The van der Waals surface area contributed by atoms with E-state index < -0.39 is 0 Å². The summed E-state index contributed by atoms with van der Waals surface area (Å²) in [5, 5.41) is 9.66. The van der Waals surface area contributed by atoms with Crippen molar-refractivity contribution in [3.05, 3.63) is 35.9 Å². The molecule has 2 nitrogen and oxygen atoms in total. The van der Waals surface area contributed by atoms with Crippen LogP contribution in [0.15, 0.2) is 30.3 Å². The van der Waals surface area contributed by atoms with Crippen molar-refractivity contribution in [2.45, 2.75) is 44.3 Å². The standard InChI is InChI=1S/C15H18O2/c16-13-5-1-3-11(9-13)12-4-2-6-15(10-12)17-14-7-8-14/h2,4,6,9-10,13-14,16H,1,3,5,7-8H2. The van der Waals surface area contributed by atoms with Gasteiger partial charge in [0.15, 0.2) is 0 Å². The van der Waals surface area contributed by atoms with Crippen molar-refractivity contribution in [3.63, 3.8) is 0 Å². The molecule has 1 aromatic rings. The van der Waals surface area contributed by atoms with E-state index in [1.165, 1.54) is 24.0 Å². The third kappa shape index (κ3) is 2.70. The molecule has 2 heteroatoms. The van der Waals surface area contributed by atoms with E-state index in [1.807, 2.05) is 18.2 Å². The van der Waals surface area contributed by atoms with E-state index in [4.69, 9.17) is 4.74 Å². The molecule has 1 fully saturated rings. The zero-order valence-electron chi connectivity index (χ0n) is 9.93. The molecule has 1 unspecified atom stereocenters. The average Bonchev–Trinajstić information content (AvgIpc) is 3.13. The first-order valence-corrected chi connectivity index (χ1v) is 6.47. The normalized spacial score (nSPS) is 24.3. The van der Waals surface area contributed by atoms with E-state index in [0.29, 0.717) is 6.10 Å². The fourth-order valence-corrected chi connectivity index (χ4v) is 2.29. The van der Waals surface area contributed by atoms with Crippen LogP contribution in [0.3, 0.4) is 0 Å². The second kappa shape index (κ2) is 4.53. The van der Waals surface area contributed by atoms with Gasteiger partial charge in [0.1, 0.15) is 5.75 Å². The van der Waals surface area contributed by atoms with Crippen LogP contribution in [0.4, 0.5) is 0 Å². The summed E-state index contributed by atoms with van der Waals surface area (Å²) < 4.78 is 5.79. The van der Waals surface area contributed by atoms with E-state index in [1.54, 1.807) is 0 Å². The number of allylic oxidation sites excluding steroid dienone is 1. The highest BCUT2D eigenvalue weighted by atomic mass is 16.5. The van der Waals surface area contributed by atoms with E-state index in [2.05, 4.69) is 12.1 Å². The van der Waals surface area contributed by atoms with Gasteiger partial charge in [-0.2, -0.15) is 0 Å². The summed E-state index contributed by atoms with van der Waals surface area (Å²) >= 11 is 0. The minimum Gasteiger partial charge on any atom is -0.490 e. The van der Waals surface area contributed by atoms with Crippen molar-refractivity contribution < 1.29 is 9.84 Å². The molecule has 17 heavy (non-hydrogen) atoms. The Labute approximate surface area is 102 Å². The molecule has 0 spiro atoms. The molecule has 1 saturated carbocycles. The van der Waals surface area contributed by atoms with Crippen molar-refractivity contribution in [2.75, 3.05) is 0 Å². The lowest BCUT2D eigenvalue weighted by molar-refractivity contribution is 0.206. The third-order valence-corrected chi connectivity index (χ3v) is 3.37. The van der Waals surface area contributed by atoms with Crippen LogP contribution >= 0.6 is 0 Å². The predicted octanol–water partition coefficient (Wildman–Crippen LogP) is 3.16. The number of aliphatic hydroxyl groups is 1. The van der Waals surface area contributed by atoms with Crippen LogP contribution < -0.4 is 4.74 Å². The van der Waals surface area contributed by atoms with Gasteiger partial charge in [-0.1, -0.05) is 18.2 Å². The zero-order valence-corrected chi connectivity index (χ0v) is 9.93. The summed E-state index contributed by atoms with van der Waals surface area (Å²) in [6.45, 7) is 0. The molecule has 0 aromatic heterocycles. The van der Waals surface area contributed by atoms with Crippen molar-refractivity contribution in [1.29, 1.82) is 0 Å². The van der Waals surface area contributed by atoms with Crippen molar-refractivity contribution in [3.8, 4) is 5.75 Å². The lowest BCUT2D eigenvalue weighted by Crippen LogP contribution is -2.08. The molecule has 2 aliphatic carbocycles. The SMILES string of the molecule is OC1C=C(c2cccc(OC3CC3)c2)CCC1. The Bertz CT molecular complexity index is 432. The smallest absolute Gasteiger partial charge is 0.120 e. The first-order valence-electron chi connectivity index (χ1n) is 6.47. The Kier molecular flexibility index (Phi) is 2.89. The number of benzene rings is 1. The summed E-state index contributed by atoms with van der Waals surface area (Å²) in [4.78, 5) is 0. The van der Waals surface area contributed by atoms with Gasteiger partial charge in [0.2, 0.25) is 0 Å². The van der Waals surface area contributed by atoms with Gasteiger partial charge < -0.3 is 9.84 Å². The Morgan fingerprint density at radius 3 is 2.82 bits per heavy atom. The zero-order chi connectivity index (χ0) is 11.7. The van der Waals surface area contributed by atoms with Crippen LogP contribution in [0, 0.1) is 0 Å². The van der Waals surface area contributed by atoms with Crippen LogP contribution in [-0.2, 0) is 0 Å². The van der Waals surface area contributed by atoms with Crippen molar-refractivity contribution in [1.82, 2.24) is 0 Å². The molecule has 0 heterocycles. The maximum atomic E-state index is 9.66. The molecule has 0 aliphatic heterocycles. The van der Waals surface area contributed by atoms with Gasteiger partial charge in [-0.05, 0) is 55.4 Å². The average molecular weight is 230 g/mol. The van der Waals surface area contributed by atoms with Gasteiger partial charge in [0.25, 0.3) is 0 Å². The third-order valence-electron chi connectivity index (χ3n) is 3.37. The second-order valence-corrected chi connectivity index (χ2v) is 5.00. The number of hydrogen-bond donors (Lipinski definition) is 1. The van der Waals surface area contributed by atoms with Crippen molar-refractivity contribution in [2.24, 2.45) is 0 Å². The largest absolute Gasteiger partial charge is 0.490 e. The molecule has 0 radical (unpaired) electrons. The van der Waals surface area contributed by atoms with Gasteiger partial charge in [0, 0.05) is 0 Å². The number of aliphatic hydroxyl groups excluding tert-OH is 1. The van der Waals surface area contributed by atoms with E-state index >= 15 is 0 Å². The Morgan fingerprint density at radius 2 is 2.06 bits per heavy atom. The Hall–Kier alpha value is -1.28. The number of hydrogen-bond acceptors (Lipinski definition) is 2. The summed E-state index contributed by atoms with van der Waals surface area (Å²) in [7, 11) is 0. The molecule has 1 atom stereocenters. The van der Waals surface area contributed by atoms with Crippen LogP contribution in [0.1, 0.15) is 37.7 Å². The highest BCUT2D eigenvalue weighted by Crippen LogP contribution is 2.31. The van der Waals surface area contributed by atoms with E-state index in [0.717, 1.165) is 25.0 Å². The highest BCUT2D eigenvalue weighted by Gasteiger charge is 2.23. The van der Waals surface area contributed by atoms with Gasteiger partial charge in [-0.15, -0.1) is 0 Å². The first kappa shape index (κ1) is 10.8. The van der Waals surface area contributed by atoms with Crippen LogP contribution in [0.2, 0.25) is 0 Å². The van der Waals surface area contributed by atoms with Gasteiger partial charge in [-0.3, -0.25) is 0 Å². The molecular formula is C15H18O2. The quantitative estimate of drug-likeness (QED) is 0.864. The van der Waals surface area contributed by atoms with E-state index in [9.17, 15) is 5.11 Å². The maximum Gasteiger partial charge on any atom is 0.120 e. The lowest BCUT2D eigenvalue weighted by atomic mass is 9.92. The van der Waals surface area contributed by atoms with E-state index in [-0.39, 0.29) is 6.10 Å². The van der Waals surface area contributed by atoms with Crippen LogP contribution in [0.5, 0.6) is 5.75 Å². The van der Waals surface area contributed by atoms with Gasteiger partial charge >= 0.3 is 0 Å². The van der Waals surface area contributed by atoms with Crippen LogP contribution in [-0.4, -0.2) is 17.3 Å². The highest BCUT2D eigenvalue weighted by molar-refractivity contribution is 5.67. The minimum atomic E-state index is -0.272. The predicted molar refractivity (Wildman–Crippen MR) is 67.9 cm³/mol. The topological polar surface area (TPSA) is 29.5 Å². The summed E-state index contributed by atoms with van der Waals surface area (Å²) in [5.74, 6) is 0.964. The fourth-order valence-electron chi connectivity index (χ4n) is 2.29. The molecule has 0 amide bonds. The molecule has 2 aliphatic rings. The van der Waals surface area contributed by atoms with Gasteiger partial charge in [-0.25, -0.2) is 0 Å². The minimum absolute atomic E-state index is 0.272. The molecular weight excluding hydrogens is 212 g/mol. The first-order chi connectivity index (χ1) is 8.31. The summed E-state index contributed by atoms with van der Waals surface area (Å²) in [6, 6.07) is 8.25. The monoisotopic (exact) mass is 230 g/mol. The Balaban J connectivity index is 1.81. The second-order valence-electron chi connectivity index (χ2n) is 5.00. The molecule has 0 bridgehead atoms. The molecule has 0 saturated heterocycles. The number of rotatable bonds is 3. The molecule has 3 rings (SSSR count). The maximum absolute atomic E-state index is 9.66. The van der Waals surface area contributed by atoms with Crippen LogP contribution in [0.25, 0.3) is 5.57 Å². The summed E-state index contributed by atoms with van der Waals surface area (Å²) in [6.07, 6.45) is 7.55. The summed E-state index contributed by atoms with van der Waals surface area (Å²) in [5.41, 5.74) is 2.45. The molecule has 1 aromatic carbocycles. The molecule has 90 valence electrons. The lowest BCUT2D eigenvalue weighted by Gasteiger charge is -2.17. The number of ether oxygens (including phenoxy) is 1.